The van der Waals surface area contributed by atoms with Gasteiger partial charge in [-0.3, -0.25) is 0 Å². The van der Waals surface area contributed by atoms with Crippen molar-refractivity contribution in [2.75, 3.05) is 4.90 Å². The maximum Gasteiger partial charge on any atom is 0.175 e. The molecular formula is C52H35NO2. The summed E-state index contributed by atoms with van der Waals surface area (Å²) < 4.78 is 14.0. The van der Waals surface area contributed by atoms with Crippen LogP contribution in [0, 0.1) is 0 Å². The standard InChI is InChI=1S/C52H35NO2/c1-3-13-33(2)34-24-26-36(27-25-34)53(46-23-12-15-35-14-4-5-16-38(35)46)37-28-30-47-49(32-37)54-48-31-29-42-41-19-8-11-22-45(41)52(50(42)51(48)55-47)43-20-9-6-17-39(43)40-18-7-10-21-44(40)52/h3-32H,1H2,2H3/b33-13+. The van der Waals surface area contributed by atoms with Gasteiger partial charge in [0.1, 0.15) is 0 Å². The highest BCUT2D eigenvalue weighted by Gasteiger charge is 2.54. The van der Waals surface area contributed by atoms with E-state index in [-0.39, 0.29) is 0 Å². The number of allylic oxidation sites excluding steroid dienone is 3. The zero-order valence-electron chi connectivity index (χ0n) is 30.3. The number of benzene rings is 8. The predicted molar refractivity (Wildman–Crippen MR) is 225 cm³/mol. The third-order valence-electron chi connectivity index (χ3n) is 11.6. The van der Waals surface area contributed by atoms with E-state index in [4.69, 9.17) is 9.47 Å². The third-order valence-corrected chi connectivity index (χ3v) is 11.6. The Morgan fingerprint density at radius 1 is 0.545 bits per heavy atom. The molecule has 0 aromatic heterocycles. The molecule has 2 aliphatic carbocycles. The Morgan fingerprint density at radius 3 is 1.85 bits per heavy atom. The summed E-state index contributed by atoms with van der Waals surface area (Å²) in [7, 11) is 0. The molecule has 1 spiro atoms. The summed E-state index contributed by atoms with van der Waals surface area (Å²) in [5.74, 6) is 2.84. The smallest absolute Gasteiger partial charge is 0.175 e. The maximum absolute atomic E-state index is 7.09. The van der Waals surface area contributed by atoms with E-state index in [0.29, 0.717) is 17.2 Å². The van der Waals surface area contributed by atoms with E-state index in [2.05, 4.69) is 188 Å². The second-order valence-electron chi connectivity index (χ2n) is 14.5. The van der Waals surface area contributed by atoms with E-state index < -0.39 is 5.41 Å². The fourth-order valence-electron chi connectivity index (χ4n) is 9.32. The fourth-order valence-corrected chi connectivity index (χ4v) is 9.32. The molecule has 3 nitrogen and oxygen atoms in total. The van der Waals surface area contributed by atoms with Gasteiger partial charge in [-0.25, -0.2) is 0 Å². The molecule has 0 atom stereocenters. The Kier molecular flexibility index (Phi) is 6.83. The number of fused-ring (bicyclic) bond motifs is 14. The average molecular weight is 706 g/mol. The largest absolute Gasteiger partial charge is 0.449 e. The van der Waals surface area contributed by atoms with Gasteiger partial charge in [0, 0.05) is 22.7 Å². The highest BCUT2D eigenvalue weighted by molar-refractivity contribution is 6.00. The lowest BCUT2D eigenvalue weighted by molar-refractivity contribution is 0.355. The molecule has 0 bridgehead atoms. The van der Waals surface area contributed by atoms with E-state index >= 15 is 0 Å². The van der Waals surface area contributed by atoms with Crippen LogP contribution in [0.4, 0.5) is 17.1 Å². The summed E-state index contributed by atoms with van der Waals surface area (Å²) in [6.07, 6.45) is 3.87. The maximum atomic E-state index is 7.09. The Hall–Kier alpha value is -7.10. The van der Waals surface area contributed by atoms with Crippen molar-refractivity contribution in [1.29, 1.82) is 0 Å². The Labute approximate surface area is 320 Å². The number of ether oxygens (including phenoxy) is 2. The molecule has 11 rings (SSSR count). The molecule has 260 valence electrons. The van der Waals surface area contributed by atoms with Crippen molar-refractivity contribution in [3.63, 3.8) is 0 Å². The van der Waals surface area contributed by atoms with Crippen LogP contribution >= 0.6 is 0 Å². The lowest BCUT2D eigenvalue weighted by atomic mass is 9.70. The van der Waals surface area contributed by atoms with Crippen LogP contribution in [-0.4, -0.2) is 0 Å². The molecular weight excluding hydrogens is 671 g/mol. The summed E-state index contributed by atoms with van der Waals surface area (Å²) in [6.45, 7) is 5.99. The van der Waals surface area contributed by atoms with Gasteiger partial charge in [0.25, 0.3) is 0 Å². The summed E-state index contributed by atoms with van der Waals surface area (Å²) >= 11 is 0. The van der Waals surface area contributed by atoms with Crippen molar-refractivity contribution >= 4 is 33.4 Å². The summed E-state index contributed by atoms with van der Waals surface area (Å²) in [4.78, 5) is 2.30. The van der Waals surface area contributed by atoms with Crippen molar-refractivity contribution in [3.8, 4) is 45.3 Å². The monoisotopic (exact) mass is 705 g/mol. The molecule has 0 saturated heterocycles. The number of nitrogens with zero attached hydrogens (tertiary/aromatic N) is 1. The molecule has 3 aliphatic rings. The van der Waals surface area contributed by atoms with Crippen LogP contribution in [0.1, 0.15) is 34.7 Å². The van der Waals surface area contributed by atoms with Crippen molar-refractivity contribution in [1.82, 2.24) is 0 Å². The van der Waals surface area contributed by atoms with Crippen LogP contribution in [-0.2, 0) is 5.41 Å². The Morgan fingerprint density at radius 2 is 1.15 bits per heavy atom. The summed E-state index contributed by atoms with van der Waals surface area (Å²) in [5, 5.41) is 2.34. The lowest BCUT2D eigenvalue weighted by Gasteiger charge is -2.33. The number of anilines is 3. The number of hydrogen-bond acceptors (Lipinski definition) is 3. The van der Waals surface area contributed by atoms with Gasteiger partial charge >= 0.3 is 0 Å². The zero-order valence-corrected chi connectivity index (χ0v) is 30.3. The highest BCUT2D eigenvalue weighted by atomic mass is 16.6. The van der Waals surface area contributed by atoms with Crippen molar-refractivity contribution < 1.29 is 9.47 Å². The van der Waals surface area contributed by atoms with Crippen LogP contribution in [0.3, 0.4) is 0 Å². The first-order valence-corrected chi connectivity index (χ1v) is 18.8. The van der Waals surface area contributed by atoms with Crippen LogP contribution in [0.15, 0.2) is 189 Å². The zero-order chi connectivity index (χ0) is 36.7. The topological polar surface area (TPSA) is 21.7 Å². The van der Waals surface area contributed by atoms with E-state index in [9.17, 15) is 0 Å². The van der Waals surface area contributed by atoms with Crippen LogP contribution in [0.25, 0.3) is 38.6 Å². The van der Waals surface area contributed by atoms with E-state index in [1.807, 2.05) is 12.2 Å². The second kappa shape index (κ2) is 12.0. The van der Waals surface area contributed by atoms with E-state index in [1.165, 1.54) is 44.3 Å². The van der Waals surface area contributed by atoms with Gasteiger partial charge in [-0.05, 0) is 98.8 Å². The highest BCUT2D eigenvalue weighted by Crippen LogP contribution is 2.67. The first-order chi connectivity index (χ1) is 27.1. The SMILES string of the molecule is C=C/C=C(\C)c1ccc(N(c2ccc3c(c2)Oc2ccc4c(c2O3)C2(c3ccccc3-c3ccccc32)c2ccccc2-4)c2cccc3ccccc23)cc1. The molecule has 8 aromatic rings. The molecule has 0 saturated carbocycles. The third kappa shape index (κ3) is 4.44. The summed E-state index contributed by atoms with van der Waals surface area (Å²) in [5.41, 5.74) is 14.7. The van der Waals surface area contributed by atoms with Gasteiger partial charge in [-0.2, -0.15) is 0 Å². The van der Waals surface area contributed by atoms with Crippen LogP contribution < -0.4 is 14.4 Å². The molecule has 3 heteroatoms. The van der Waals surface area contributed by atoms with Gasteiger partial charge in [0.15, 0.2) is 23.0 Å². The van der Waals surface area contributed by atoms with Crippen molar-refractivity contribution in [2.24, 2.45) is 0 Å². The first-order valence-electron chi connectivity index (χ1n) is 18.8. The molecule has 0 unspecified atom stereocenters. The molecule has 0 amide bonds. The molecule has 1 aliphatic heterocycles. The molecule has 1 heterocycles. The number of rotatable bonds is 5. The van der Waals surface area contributed by atoms with Crippen LogP contribution in [0.2, 0.25) is 0 Å². The minimum Gasteiger partial charge on any atom is -0.449 e. The first kappa shape index (κ1) is 31.4. The molecule has 0 radical (unpaired) electrons. The van der Waals surface area contributed by atoms with E-state index in [0.717, 1.165) is 44.9 Å². The second-order valence-corrected chi connectivity index (χ2v) is 14.5. The summed E-state index contributed by atoms with van der Waals surface area (Å²) in [6, 6.07) is 60.8. The van der Waals surface area contributed by atoms with Crippen LogP contribution in [0.5, 0.6) is 23.0 Å². The lowest BCUT2D eigenvalue weighted by Crippen LogP contribution is -2.26. The van der Waals surface area contributed by atoms with E-state index in [1.54, 1.807) is 0 Å². The average Bonchev–Trinajstić information content (AvgIpc) is 3.71. The fraction of sp³-hybridized carbons (Fsp3) is 0.0385. The van der Waals surface area contributed by atoms with Gasteiger partial charge in [0.2, 0.25) is 0 Å². The predicted octanol–water partition coefficient (Wildman–Crippen LogP) is 14.1. The van der Waals surface area contributed by atoms with Crippen molar-refractivity contribution in [3.05, 3.63) is 216 Å². The molecule has 0 N–H and O–H groups in total. The van der Waals surface area contributed by atoms with Crippen molar-refractivity contribution in [2.45, 2.75) is 12.3 Å². The van der Waals surface area contributed by atoms with Gasteiger partial charge in [-0.1, -0.05) is 146 Å². The quantitative estimate of drug-likeness (QED) is 0.166. The van der Waals surface area contributed by atoms with Gasteiger partial charge in [0.05, 0.1) is 16.8 Å². The normalized spacial score (nSPS) is 13.8. The Balaban J connectivity index is 1.07. The molecule has 0 fully saturated rings. The Bertz CT molecular complexity index is 2850. The van der Waals surface area contributed by atoms with Gasteiger partial charge < -0.3 is 14.4 Å². The van der Waals surface area contributed by atoms with Gasteiger partial charge in [-0.15, -0.1) is 0 Å². The minimum atomic E-state index is -0.540. The molecule has 55 heavy (non-hydrogen) atoms. The molecule has 8 aromatic carbocycles. The number of hydrogen-bond donors (Lipinski definition) is 0. The minimum absolute atomic E-state index is 0.540.